The molecule has 2 atom stereocenters. The Bertz CT molecular complexity index is 957. The molecule has 5 N–H and O–H groups in total. The van der Waals surface area contributed by atoms with Gasteiger partial charge in [0, 0.05) is 12.6 Å². The van der Waals surface area contributed by atoms with Crippen molar-refractivity contribution >= 4 is 23.8 Å². The molecule has 214 valence electrons. The average Bonchev–Trinajstić information content (AvgIpc) is 2.77. The number of amides is 4. The van der Waals surface area contributed by atoms with E-state index in [-0.39, 0.29) is 18.3 Å². The molecule has 4 amide bonds. The minimum atomic E-state index is -1.33. The van der Waals surface area contributed by atoms with Gasteiger partial charge in [0.25, 0.3) is 0 Å². The Kier molecular flexibility index (Phi) is 13.1. The van der Waals surface area contributed by atoms with Gasteiger partial charge in [-0.3, -0.25) is 14.4 Å². The lowest BCUT2D eigenvalue weighted by Gasteiger charge is -2.35. The van der Waals surface area contributed by atoms with Crippen LogP contribution in [-0.2, 0) is 19.1 Å². The van der Waals surface area contributed by atoms with Gasteiger partial charge in [-0.1, -0.05) is 38.7 Å². The van der Waals surface area contributed by atoms with E-state index < -0.39 is 47.9 Å². The molecule has 1 aromatic rings. The van der Waals surface area contributed by atoms with Gasteiger partial charge >= 0.3 is 6.09 Å². The van der Waals surface area contributed by atoms with Crippen LogP contribution < -0.4 is 16.4 Å². The number of nitrogens with zero attached hydrogens (tertiary/aromatic N) is 1. The quantitative estimate of drug-likeness (QED) is 0.266. The van der Waals surface area contributed by atoms with E-state index in [2.05, 4.69) is 17.6 Å². The minimum Gasteiger partial charge on any atom is -0.508 e. The second-order valence-electron chi connectivity index (χ2n) is 10.9. The average molecular weight is 535 g/mol. The number of carbonyl (C=O) groups is 4. The Labute approximate surface area is 226 Å². The van der Waals surface area contributed by atoms with E-state index in [1.54, 1.807) is 39.8 Å². The van der Waals surface area contributed by atoms with Gasteiger partial charge in [0.05, 0.1) is 6.42 Å². The lowest BCUT2D eigenvalue weighted by molar-refractivity contribution is -0.143. The van der Waals surface area contributed by atoms with E-state index in [1.807, 2.05) is 13.8 Å². The van der Waals surface area contributed by atoms with Gasteiger partial charge in [-0.25, -0.2) is 4.79 Å². The number of aryl methyl sites for hydroxylation is 1. The van der Waals surface area contributed by atoms with E-state index in [9.17, 15) is 24.3 Å². The fourth-order valence-electron chi connectivity index (χ4n) is 3.99. The van der Waals surface area contributed by atoms with Gasteiger partial charge in [-0.15, -0.1) is 0 Å². The predicted molar refractivity (Wildman–Crippen MR) is 146 cm³/mol. The normalized spacial score (nSPS) is 12.9. The molecule has 1 aromatic carbocycles. The zero-order valence-electron chi connectivity index (χ0n) is 23.9. The van der Waals surface area contributed by atoms with Crippen LogP contribution >= 0.6 is 0 Å². The Hall–Kier alpha value is -3.30. The van der Waals surface area contributed by atoms with Gasteiger partial charge in [0.15, 0.2) is 0 Å². The second kappa shape index (κ2) is 15.2. The SMILES string of the molecule is CCCCCCCN(C(=O)C(CC(N)=O)NC(=O)OC(C)(C)C)C(C(=O)NC(C)C)c1ccc(O)c(C)c1. The molecule has 10 nitrogen and oxygen atoms in total. The molecule has 2 unspecified atom stereocenters. The van der Waals surface area contributed by atoms with E-state index in [0.717, 1.165) is 25.7 Å². The van der Waals surface area contributed by atoms with E-state index in [1.165, 1.54) is 11.0 Å². The maximum atomic E-state index is 14.0. The number of unbranched alkanes of at least 4 members (excludes halogenated alkanes) is 4. The number of benzene rings is 1. The number of primary amides is 1. The van der Waals surface area contributed by atoms with Crippen molar-refractivity contribution < 1.29 is 29.0 Å². The smallest absolute Gasteiger partial charge is 0.408 e. The van der Waals surface area contributed by atoms with E-state index in [4.69, 9.17) is 10.5 Å². The fourth-order valence-corrected chi connectivity index (χ4v) is 3.99. The molecule has 0 heterocycles. The summed E-state index contributed by atoms with van der Waals surface area (Å²) >= 11 is 0. The summed E-state index contributed by atoms with van der Waals surface area (Å²) < 4.78 is 5.30. The summed E-state index contributed by atoms with van der Waals surface area (Å²) in [5.74, 6) is -1.76. The molecular weight excluding hydrogens is 488 g/mol. The number of phenols is 1. The number of nitrogens with one attached hydrogen (secondary N) is 2. The number of carbonyl (C=O) groups excluding carboxylic acids is 4. The highest BCUT2D eigenvalue weighted by molar-refractivity contribution is 5.94. The van der Waals surface area contributed by atoms with Crippen molar-refractivity contribution in [3.8, 4) is 5.75 Å². The lowest BCUT2D eigenvalue weighted by atomic mass is 9.99. The maximum absolute atomic E-state index is 14.0. The highest BCUT2D eigenvalue weighted by Crippen LogP contribution is 2.28. The van der Waals surface area contributed by atoms with Crippen molar-refractivity contribution in [2.45, 2.75) is 111 Å². The number of phenolic OH excluding ortho intramolecular Hbond substituents is 1. The molecule has 0 aliphatic heterocycles. The second-order valence-corrected chi connectivity index (χ2v) is 10.9. The van der Waals surface area contributed by atoms with Crippen LogP contribution in [0.1, 0.15) is 97.2 Å². The Morgan fingerprint density at radius 3 is 2.21 bits per heavy atom. The molecule has 0 radical (unpaired) electrons. The van der Waals surface area contributed by atoms with Crippen molar-refractivity contribution in [1.29, 1.82) is 0 Å². The number of nitrogens with two attached hydrogens (primary N) is 1. The Morgan fingerprint density at radius 1 is 1.05 bits per heavy atom. The van der Waals surface area contributed by atoms with Crippen molar-refractivity contribution in [1.82, 2.24) is 15.5 Å². The van der Waals surface area contributed by atoms with Gasteiger partial charge in [0.1, 0.15) is 23.4 Å². The molecule has 1 rings (SSSR count). The summed E-state index contributed by atoms with van der Waals surface area (Å²) in [7, 11) is 0. The monoisotopic (exact) mass is 534 g/mol. The van der Waals surface area contributed by atoms with Crippen LogP contribution in [0.3, 0.4) is 0 Å². The zero-order valence-corrected chi connectivity index (χ0v) is 23.9. The third-order valence-corrected chi connectivity index (χ3v) is 5.71. The molecule has 0 saturated heterocycles. The van der Waals surface area contributed by atoms with Gasteiger partial charge in [-0.05, 0) is 71.2 Å². The van der Waals surface area contributed by atoms with E-state index >= 15 is 0 Å². The van der Waals surface area contributed by atoms with Crippen LogP contribution in [0.5, 0.6) is 5.75 Å². The fraction of sp³-hybridized carbons (Fsp3) is 0.643. The Balaban J connectivity index is 3.51. The highest BCUT2D eigenvalue weighted by Gasteiger charge is 2.37. The zero-order chi connectivity index (χ0) is 29.0. The third kappa shape index (κ3) is 11.4. The third-order valence-electron chi connectivity index (χ3n) is 5.71. The van der Waals surface area contributed by atoms with Gasteiger partial charge in [0.2, 0.25) is 17.7 Å². The maximum Gasteiger partial charge on any atom is 0.408 e. The molecule has 0 bridgehead atoms. The van der Waals surface area contributed by atoms with Crippen LogP contribution in [0.4, 0.5) is 4.79 Å². The van der Waals surface area contributed by atoms with Gasteiger partial charge < -0.3 is 31.1 Å². The van der Waals surface area contributed by atoms with Crippen LogP contribution in [0.15, 0.2) is 18.2 Å². The largest absolute Gasteiger partial charge is 0.508 e. The number of alkyl carbamates (subject to hydrolysis) is 1. The van der Waals surface area contributed by atoms with Crippen LogP contribution in [0, 0.1) is 6.92 Å². The van der Waals surface area contributed by atoms with Crippen molar-refractivity contribution in [3.63, 3.8) is 0 Å². The molecule has 38 heavy (non-hydrogen) atoms. The first-order valence-corrected chi connectivity index (χ1v) is 13.3. The molecule has 0 fully saturated rings. The molecule has 0 aliphatic carbocycles. The molecule has 0 spiro atoms. The Morgan fingerprint density at radius 2 is 1.68 bits per heavy atom. The summed E-state index contributed by atoms with van der Waals surface area (Å²) in [6.45, 7) is 12.7. The summed E-state index contributed by atoms with van der Waals surface area (Å²) in [5.41, 5.74) is 5.64. The van der Waals surface area contributed by atoms with Gasteiger partial charge in [-0.2, -0.15) is 0 Å². The first kappa shape index (κ1) is 32.7. The first-order valence-electron chi connectivity index (χ1n) is 13.3. The van der Waals surface area contributed by atoms with Crippen molar-refractivity contribution in [2.75, 3.05) is 6.54 Å². The number of ether oxygens (including phenoxy) is 1. The van der Waals surface area contributed by atoms with Crippen molar-refractivity contribution in [2.24, 2.45) is 5.73 Å². The van der Waals surface area contributed by atoms with Crippen LogP contribution in [0.25, 0.3) is 0 Å². The molecule has 10 heteroatoms. The molecular formula is C28H46N4O6. The first-order chi connectivity index (χ1) is 17.7. The highest BCUT2D eigenvalue weighted by atomic mass is 16.6. The topological polar surface area (TPSA) is 151 Å². The predicted octanol–water partition coefficient (Wildman–Crippen LogP) is 3.83. The summed E-state index contributed by atoms with van der Waals surface area (Å²) in [5, 5.41) is 15.4. The van der Waals surface area contributed by atoms with Crippen LogP contribution in [-0.4, -0.2) is 58.1 Å². The van der Waals surface area contributed by atoms with Crippen molar-refractivity contribution in [3.05, 3.63) is 29.3 Å². The summed E-state index contributed by atoms with van der Waals surface area (Å²) in [6, 6.07) is 2.13. The summed E-state index contributed by atoms with van der Waals surface area (Å²) in [6.07, 6.45) is 3.19. The van der Waals surface area contributed by atoms with Crippen LogP contribution in [0.2, 0.25) is 0 Å². The van der Waals surface area contributed by atoms with E-state index in [0.29, 0.717) is 17.5 Å². The molecule has 0 aliphatic rings. The number of hydrogen-bond acceptors (Lipinski definition) is 6. The number of rotatable bonds is 14. The molecule has 0 aromatic heterocycles. The lowest BCUT2D eigenvalue weighted by Crippen LogP contribution is -2.54. The summed E-state index contributed by atoms with van der Waals surface area (Å²) in [4.78, 5) is 53.3. The minimum absolute atomic E-state index is 0.0624. The number of hydrogen-bond donors (Lipinski definition) is 4. The number of aromatic hydroxyl groups is 1. The standard InChI is InChI=1S/C28H46N4O6/c1-8-9-10-11-12-15-32(26(36)21(17-23(29)34)31-27(37)38-28(5,6)7)24(25(35)30-18(2)3)20-13-14-22(33)19(4)16-20/h13-14,16,18,21,24,33H,8-12,15,17H2,1-7H3,(H2,29,34)(H,30,35)(H,31,37). The molecule has 0 saturated carbocycles.